The zero-order valence-electron chi connectivity index (χ0n) is 12.3. The SMILES string of the molecule is Cc1nnn2c1CO[C@@H](CNC(=O)NCc1cccnc1)C2. The van der Waals surface area contributed by atoms with Gasteiger partial charge in [-0.2, -0.15) is 0 Å². The van der Waals surface area contributed by atoms with Crippen LogP contribution in [0.1, 0.15) is 17.0 Å². The molecule has 0 radical (unpaired) electrons. The van der Waals surface area contributed by atoms with Crippen molar-refractivity contribution in [3.05, 3.63) is 41.5 Å². The minimum Gasteiger partial charge on any atom is -0.368 e. The van der Waals surface area contributed by atoms with Crippen LogP contribution < -0.4 is 10.6 Å². The number of hydrogen-bond donors (Lipinski definition) is 2. The topological polar surface area (TPSA) is 94.0 Å². The highest BCUT2D eigenvalue weighted by Crippen LogP contribution is 2.14. The first-order valence-corrected chi connectivity index (χ1v) is 7.13. The predicted molar refractivity (Wildman–Crippen MR) is 77.8 cm³/mol. The number of aromatic nitrogens is 4. The highest BCUT2D eigenvalue weighted by molar-refractivity contribution is 5.73. The van der Waals surface area contributed by atoms with Crippen molar-refractivity contribution in [2.75, 3.05) is 6.54 Å². The molecular formula is C14H18N6O2. The number of ether oxygens (including phenoxy) is 1. The molecule has 0 aromatic carbocycles. The third kappa shape index (κ3) is 3.40. The van der Waals surface area contributed by atoms with Crippen molar-refractivity contribution >= 4 is 6.03 Å². The van der Waals surface area contributed by atoms with Gasteiger partial charge < -0.3 is 15.4 Å². The summed E-state index contributed by atoms with van der Waals surface area (Å²) in [6.45, 7) is 3.85. The van der Waals surface area contributed by atoms with E-state index < -0.39 is 0 Å². The van der Waals surface area contributed by atoms with E-state index in [0.717, 1.165) is 17.0 Å². The second-order valence-electron chi connectivity index (χ2n) is 5.16. The zero-order valence-corrected chi connectivity index (χ0v) is 12.3. The highest BCUT2D eigenvalue weighted by atomic mass is 16.5. The Balaban J connectivity index is 1.42. The Morgan fingerprint density at radius 3 is 3.23 bits per heavy atom. The van der Waals surface area contributed by atoms with Crippen LogP contribution in [-0.2, 0) is 24.4 Å². The molecule has 3 heterocycles. The molecule has 22 heavy (non-hydrogen) atoms. The standard InChI is InChI=1S/C14H18N6O2/c1-10-13-9-22-12(8-20(13)19-18-10)7-17-14(21)16-6-11-3-2-4-15-5-11/h2-5,12H,6-9H2,1H3,(H2,16,17,21)/t12-/m0/s1. The average Bonchev–Trinajstić information content (AvgIpc) is 2.93. The van der Waals surface area contributed by atoms with Gasteiger partial charge in [0.1, 0.15) is 0 Å². The fourth-order valence-corrected chi connectivity index (χ4v) is 2.27. The molecule has 1 aliphatic rings. The lowest BCUT2D eigenvalue weighted by molar-refractivity contribution is 0.00234. The molecular weight excluding hydrogens is 284 g/mol. The van der Waals surface area contributed by atoms with Crippen LogP contribution in [-0.4, -0.2) is 38.7 Å². The van der Waals surface area contributed by atoms with Crippen molar-refractivity contribution in [2.24, 2.45) is 0 Å². The summed E-state index contributed by atoms with van der Waals surface area (Å²) in [7, 11) is 0. The van der Waals surface area contributed by atoms with Gasteiger partial charge in [0, 0.05) is 25.5 Å². The number of nitrogens with one attached hydrogen (secondary N) is 2. The summed E-state index contributed by atoms with van der Waals surface area (Å²) in [5.74, 6) is 0. The summed E-state index contributed by atoms with van der Waals surface area (Å²) < 4.78 is 7.54. The molecule has 2 aromatic heterocycles. The van der Waals surface area contributed by atoms with Gasteiger partial charge in [0.05, 0.1) is 30.6 Å². The molecule has 8 heteroatoms. The summed E-state index contributed by atoms with van der Waals surface area (Å²) in [5, 5.41) is 13.7. The van der Waals surface area contributed by atoms with Crippen molar-refractivity contribution < 1.29 is 9.53 Å². The van der Waals surface area contributed by atoms with Crippen molar-refractivity contribution in [2.45, 2.75) is 32.7 Å². The quantitative estimate of drug-likeness (QED) is 0.851. The molecule has 1 atom stereocenters. The van der Waals surface area contributed by atoms with Gasteiger partial charge in [-0.1, -0.05) is 11.3 Å². The van der Waals surface area contributed by atoms with Gasteiger partial charge >= 0.3 is 6.03 Å². The average molecular weight is 302 g/mol. The molecule has 1 aliphatic heterocycles. The second kappa shape index (κ2) is 6.52. The summed E-state index contributed by atoms with van der Waals surface area (Å²) >= 11 is 0. The van der Waals surface area contributed by atoms with E-state index >= 15 is 0 Å². The summed E-state index contributed by atoms with van der Waals surface area (Å²) in [4.78, 5) is 15.8. The van der Waals surface area contributed by atoms with Gasteiger partial charge in [0.2, 0.25) is 0 Å². The fourth-order valence-electron chi connectivity index (χ4n) is 2.27. The number of carbonyl (C=O) groups excluding carboxylic acids is 1. The summed E-state index contributed by atoms with van der Waals surface area (Å²) in [6, 6.07) is 3.52. The Morgan fingerprint density at radius 1 is 1.50 bits per heavy atom. The van der Waals surface area contributed by atoms with Gasteiger partial charge in [-0.3, -0.25) is 4.98 Å². The number of urea groups is 1. The lowest BCUT2D eigenvalue weighted by Crippen LogP contribution is -2.43. The Bertz CT molecular complexity index is 642. The molecule has 0 aliphatic carbocycles. The first-order chi connectivity index (χ1) is 10.7. The maximum atomic E-state index is 11.8. The molecule has 0 spiro atoms. The van der Waals surface area contributed by atoms with E-state index in [1.54, 1.807) is 12.4 Å². The Morgan fingerprint density at radius 2 is 2.41 bits per heavy atom. The molecule has 2 aromatic rings. The normalized spacial score (nSPS) is 16.9. The Hall–Kier alpha value is -2.48. The van der Waals surface area contributed by atoms with E-state index in [1.807, 2.05) is 23.7 Å². The molecule has 0 saturated carbocycles. The number of pyridine rings is 1. The van der Waals surface area contributed by atoms with E-state index in [1.165, 1.54) is 0 Å². The van der Waals surface area contributed by atoms with Crippen molar-refractivity contribution in [1.82, 2.24) is 30.6 Å². The van der Waals surface area contributed by atoms with Crippen LogP contribution in [0.25, 0.3) is 0 Å². The molecule has 2 N–H and O–H groups in total. The number of carbonyl (C=O) groups is 1. The van der Waals surface area contributed by atoms with Crippen LogP contribution in [0.2, 0.25) is 0 Å². The van der Waals surface area contributed by atoms with E-state index in [-0.39, 0.29) is 12.1 Å². The lowest BCUT2D eigenvalue weighted by atomic mass is 10.2. The number of nitrogens with zero attached hydrogens (tertiary/aromatic N) is 4. The molecule has 0 fully saturated rings. The first-order valence-electron chi connectivity index (χ1n) is 7.13. The largest absolute Gasteiger partial charge is 0.368 e. The number of amides is 2. The number of fused-ring (bicyclic) bond motifs is 1. The first kappa shape index (κ1) is 14.5. The molecule has 0 saturated heterocycles. The maximum Gasteiger partial charge on any atom is 0.315 e. The molecule has 3 rings (SSSR count). The van der Waals surface area contributed by atoms with Crippen molar-refractivity contribution in [1.29, 1.82) is 0 Å². The monoisotopic (exact) mass is 302 g/mol. The van der Waals surface area contributed by atoms with E-state index in [2.05, 4.69) is 25.9 Å². The number of aryl methyl sites for hydroxylation is 1. The second-order valence-corrected chi connectivity index (χ2v) is 5.16. The van der Waals surface area contributed by atoms with E-state index in [4.69, 9.17) is 4.74 Å². The van der Waals surface area contributed by atoms with Crippen LogP contribution in [0.3, 0.4) is 0 Å². The van der Waals surface area contributed by atoms with Gasteiger partial charge in [0.25, 0.3) is 0 Å². The number of rotatable bonds is 4. The highest BCUT2D eigenvalue weighted by Gasteiger charge is 2.22. The van der Waals surface area contributed by atoms with Gasteiger partial charge in [-0.05, 0) is 18.6 Å². The third-order valence-electron chi connectivity index (χ3n) is 3.53. The van der Waals surface area contributed by atoms with E-state index in [9.17, 15) is 4.79 Å². The van der Waals surface area contributed by atoms with Crippen LogP contribution in [0, 0.1) is 6.92 Å². The smallest absolute Gasteiger partial charge is 0.315 e. The number of hydrogen-bond acceptors (Lipinski definition) is 5. The fraction of sp³-hybridized carbons (Fsp3) is 0.429. The van der Waals surface area contributed by atoms with Gasteiger partial charge in [-0.15, -0.1) is 5.10 Å². The molecule has 116 valence electrons. The van der Waals surface area contributed by atoms with Gasteiger partial charge in [-0.25, -0.2) is 9.48 Å². The van der Waals surface area contributed by atoms with E-state index in [0.29, 0.717) is 26.2 Å². The van der Waals surface area contributed by atoms with Crippen molar-refractivity contribution in [3.8, 4) is 0 Å². The maximum absolute atomic E-state index is 11.8. The third-order valence-corrected chi connectivity index (χ3v) is 3.53. The van der Waals surface area contributed by atoms with Crippen molar-refractivity contribution in [3.63, 3.8) is 0 Å². The summed E-state index contributed by atoms with van der Waals surface area (Å²) in [6.07, 6.45) is 3.32. The van der Waals surface area contributed by atoms with Crippen LogP contribution in [0.4, 0.5) is 4.79 Å². The zero-order chi connectivity index (χ0) is 15.4. The van der Waals surface area contributed by atoms with Gasteiger partial charge in [0.15, 0.2) is 0 Å². The molecule has 0 bridgehead atoms. The summed E-state index contributed by atoms with van der Waals surface area (Å²) in [5.41, 5.74) is 2.84. The van der Waals surface area contributed by atoms with Crippen LogP contribution in [0.15, 0.2) is 24.5 Å². The molecule has 2 amide bonds. The minimum absolute atomic E-state index is 0.0993. The molecule has 0 unspecified atom stereocenters. The van der Waals surface area contributed by atoms with Crippen LogP contribution >= 0.6 is 0 Å². The van der Waals surface area contributed by atoms with Crippen LogP contribution in [0.5, 0.6) is 0 Å². The minimum atomic E-state index is -0.229. The Labute approximate surface area is 127 Å². The predicted octanol–water partition coefficient (Wildman–Crippen LogP) is 0.380. The Kier molecular flexibility index (Phi) is 4.29. The lowest BCUT2D eigenvalue weighted by Gasteiger charge is -2.24. The molecule has 8 nitrogen and oxygen atoms in total.